The van der Waals surface area contributed by atoms with Crippen LogP contribution >= 0.6 is 0 Å². The molecule has 0 aliphatic rings. The van der Waals surface area contributed by atoms with Crippen molar-refractivity contribution in [2.24, 2.45) is 7.05 Å². The van der Waals surface area contributed by atoms with Crippen LogP contribution in [0.1, 0.15) is 5.69 Å². The molecule has 0 saturated carbocycles. The Labute approximate surface area is 90.4 Å². The first-order valence-electron chi connectivity index (χ1n) is 5.01. The first kappa shape index (κ1) is 12.2. The van der Waals surface area contributed by atoms with Crippen LogP contribution in [0.25, 0.3) is 0 Å². The largest absolute Gasteiger partial charge is 0.355 e. The summed E-state index contributed by atoms with van der Waals surface area (Å²) < 4.78 is 12.0. The summed E-state index contributed by atoms with van der Waals surface area (Å²) in [5.74, 6) is 0. The van der Waals surface area contributed by atoms with Crippen LogP contribution in [0, 0.1) is 0 Å². The zero-order valence-electron chi connectivity index (χ0n) is 9.56. The van der Waals surface area contributed by atoms with Gasteiger partial charge in [0.2, 0.25) is 0 Å². The molecule has 0 aliphatic heterocycles. The Kier molecular flexibility index (Phi) is 5.31. The van der Waals surface area contributed by atoms with Gasteiger partial charge in [0.1, 0.15) is 0 Å². The van der Waals surface area contributed by atoms with Crippen molar-refractivity contribution < 1.29 is 9.47 Å². The van der Waals surface area contributed by atoms with Crippen LogP contribution in [0.4, 0.5) is 0 Å². The average molecular weight is 213 g/mol. The Morgan fingerprint density at radius 3 is 2.73 bits per heavy atom. The van der Waals surface area contributed by atoms with Crippen molar-refractivity contribution in [2.45, 2.75) is 12.7 Å². The minimum absolute atomic E-state index is 0.170. The van der Waals surface area contributed by atoms with Gasteiger partial charge in [0.15, 0.2) is 6.29 Å². The molecular weight excluding hydrogens is 194 g/mol. The Balaban J connectivity index is 2.14. The van der Waals surface area contributed by atoms with Gasteiger partial charge < -0.3 is 14.8 Å². The van der Waals surface area contributed by atoms with Crippen LogP contribution in [0.15, 0.2) is 12.3 Å². The lowest BCUT2D eigenvalue weighted by molar-refractivity contribution is -0.0986. The van der Waals surface area contributed by atoms with E-state index in [1.807, 2.05) is 24.0 Å². The highest BCUT2D eigenvalue weighted by atomic mass is 16.7. The molecule has 0 radical (unpaired) electrons. The van der Waals surface area contributed by atoms with Gasteiger partial charge in [-0.05, 0) is 6.07 Å². The Morgan fingerprint density at radius 1 is 1.47 bits per heavy atom. The molecule has 1 N–H and O–H groups in total. The van der Waals surface area contributed by atoms with E-state index in [2.05, 4.69) is 10.4 Å². The predicted octanol–water partition coefficient (Wildman–Crippen LogP) is 0.171. The number of ether oxygens (including phenoxy) is 2. The molecule has 1 rings (SSSR count). The molecule has 0 fully saturated rings. The standard InChI is InChI=1S/C10H19N3O2/c1-13-9(5-7-12-13)4-6-11-8-10(14-2)15-3/h5,7,10-11H,4,6,8H2,1-3H3. The minimum atomic E-state index is -0.170. The average Bonchev–Trinajstić information content (AvgIpc) is 2.65. The summed E-state index contributed by atoms with van der Waals surface area (Å²) in [5, 5.41) is 7.36. The second-order valence-electron chi connectivity index (χ2n) is 3.30. The van der Waals surface area contributed by atoms with Crippen LogP contribution in [0.2, 0.25) is 0 Å². The second kappa shape index (κ2) is 6.55. The quantitative estimate of drug-likeness (QED) is 0.518. The number of aromatic nitrogens is 2. The molecule has 1 heterocycles. The number of rotatable bonds is 7. The van der Waals surface area contributed by atoms with Crippen molar-refractivity contribution in [3.63, 3.8) is 0 Å². The maximum Gasteiger partial charge on any atom is 0.169 e. The third-order valence-electron chi connectivity index (χ3n) is 2.32. The molecule has 0 bridgehead atoms. The summed E-state index contributed by atoms with van der Waals surface area (Å²) in [7, 11) is 5.22. The molecule has 0 atom stereocenters. The SMILES string of the molecule is COC(CNCCc1ccnn1C)OC. The number of hydrogen-bond donors (Lipinski definition) is 1. The van der Waals surface area contributed by atoms with E-state index in [1.54, 1.807) is 14.2 Å². The molecule has 0 aromatic carbocycles. The Bertz CT molecular complexity index is 271. The molecule has 0 aliphatic carbocycles. The van der Waals surface area contributed by atoms with E-state index in [1.165, 1.54) is 5.69 Å². The molecule has 15 heavy (non-hydrogen) atoms. The smallest absolute Gasteiger partial charge is 0.169 e. The van der Waals surface area contributed by atoms with E-state index in [4.69, 9.17) is 9.47 Å². The lowest BCUT2D eigenvalue weighted by Gasteiger charge is -2.13. The first-order chi connectivity index (χ1) is 7.27. The van der Waals surface area contributed by atoms with E-state index in [-0.39, 0.29) is 6.29 Å². The van der Waals surface area contributed by atoms with Crippen molar-refractivity contribution in [2.75, 3.05) is 27.3 Å². The van der Waals surface area contributed by atoms with Crippen LogP contribution in [-0.2, 0) is 22.9 Å². The zero-order chi connectivity index (χ0) is 11.1. The third kappa shape index (κ3) is 3.99. The third-order valence-corrected chi connectivity index (χ3v) is 2.32. The highest BCUT2D eigenvalue weighted by molar-refractivity contribution is 5.00. The van der Waals surface area contributed by atoms with Crippen LogP contribution in [-0.4, -0.2) is 43.4 Å². The lowest BCUT2D eigenvalue weighted by atomic mass is 10.3. The van der Waals surface area contributed by atoms with Crippen LogP contribution in [0.3, 0.4) is 0 Å². The van der Waals surface area contributed by atoms with Gasteiger partial charge in [-0.1, -0.05) is 0 Å². The number of methoxy groups -OCH3 is 2. The summed E-state index contributed by atoms with van der Waals surface area (Å²) in [6.45, 7) is 1.59. The Hall–Kier alpha value is -0.910. The summed E-state index contributed by atoms with van der Waals surface area (Å²) in [4.78, 5) is 0. The molecule has 0 unspecified atom stereocenters. The highest BCUT2D eigenvalue weighted by Gasteiger charge is 2.03. The topological polar surface area (TPSA) is 48.3 Å². The van der Waals surface area contributed by atoms with Crippen molar-refractivity contribution in [3.05, 3.63) is 18.0 Å². The van der Waals surface area contributed by atoms with Gasteiger partial charge in [0.05, 0.1) is 0 Å². The number of aryl methyl sites for hydroxylation is 1. The van der Waals surface area contributed by atoms with Gasteiger partial charge in [0.25, 0.3) is 0 Å². The minimum Gasteiger partial charge on any atom is -0.355 e. The van der Waals surface area contributed by atoms with E-state index in [0.717, 1.165) is 13.0 Å². The van der Waals surface area contributed by atoms with E-state index in [0.29, 0.717) is 6.54 Å². The Morgan fingerprint density at radius 2 is 2.20 bits per heavy atom. The van der Waals surface area contributed by atoms with E-state index >= 15 is 0 Å². The number of hydrogen-bond acceptors (Lipinski definition) is 4. The lowest BCUT2D eigenvalue weighted by Crippen LogP contribution is -2.31. The van der Waals surface area contributed by atoms with Crippen molar-refractivity contribution in [1.82, 2.24) is 15.1 Å². The fourth-order valence-electron chi connectivity index (χ4n) is 1.35. The number of nitrogens with zero attached hydrogens (tertiary/aromatic N) is 2. The van der Waals surface area contributed by atoms with E-state index < -0.39 is 0 Å². The van der Waals surface area contributed by atoms with Gasteiger partial charge >= 0.3 is 0 Å². The normalized spacial score (nSPS) is 11.2. The summed E-state index contributed by atoms with van der Waals surface area (Å²) in [6, 6.07) is 2.02. The molecule has 1 aromatic rings. The van der Waals surface area contributed by atoms with Crippen LogP contribution in [0.5, 0.6) is 0 Å². The molecule has 5 nitrogen and oxygen atoms in total. The number of nitrogens with one attached hydrogen (secondary N) is 1. The van der Waals surface area contributed by atoms with Crippen molar-refractivity contribution in [1.29, 1.82) is 0 Å². The maximum atomic E-state index is 5.06. The summed E-state index contributed by atoms with van der Waals surface area (Å²) in [5.41, 5.74) is 1.22. The van der Waals surface area contributed by atoms with E-state index in [9.17, 15) is 0 Å². The van der Waals surface area contributed by atoms with Crippen molar-refractivity contribution >= 4 is 0 Å². The molecule has 5 heteroatoms. The highest BCUT2D eigenvalue weighted by Crippen LogP contribution is 1.96. The molecule has 0 saturated heterocycles. The van der Waals surface area contributed by atoms with Gasteiger partial charge in [-0.3, -0.25) is 4.68 Å². The summed E-state index contributed by atoms with van der Waals surface area (Å²) in [6.07, 6.45) is 2.59. The van der Waals surface area contributed by atoms with Gasteiger partial charge in [-0.25, -0.2) is 0 Å². The first-order valence-corrected chi connectivity index (χ1v) is 5.01. The monoisotopic (exact) mass is 213 g/mol. The zero-order valence-corrected chi connectivity index (χ0v) is 9.56. The molecule has 1 aromatic heterocycles. The molecule has 86 valence electrons. The molecule has 0 spiro atoms. The fourth-order valence-corrected chi connectivity index (χ4v) is 1.35. The molecule has 0 amide bonds. The summed E-state index contributed by atoms with van der Waals surface area (Å²) >= 11 is 0. The van der Waals surface area contributed by atoms with Gasteiger partial charge in [-0.15, -0.1) is 0 Å². The van der Waals surface area contributed by atoms with Crippen molar-refractivity contribution in [3.8, 4) is 0 Å². The fraction of sp³-hybridized carbons (Fsp3) is 0.700. The molecular formula is C10H19N3O2. The second-order valence-corrected chi connectivity index (χ2v) is 3.30. The van der Waals surface area contributed by atoms with Gasteiger partial charge in [-0.2, -0.15) is 5.10 Å². The van der Waals surface area contributed by atoms with Gasteiger partial charge in [0, 0.05) is 52.7 Å². The maximum absolute atomic E-state index is 5.06. The predicted molar refractivity (Wildman–Crippen MR) is 57.6 cm³/mol. The van der Waals surface area contributed by atoms with Crippen LogP contribution < -0.4 is 5.32 Å².